The number of rotatable bonds is 10. The summed E-state index contributed by atoms with van der Waals surface area (Å²) in [6, 6.07) is 112. The predicted octanol–water partition coefficient (Wildman–Crippen LogP) is 24.1. The topological polar surface area (TPSA) is 122 Å². The van der Waals surface area contributed by atoms with Gasteiger partial charge in [0.05, 0.1) is 11.2 Å². The molecule has 0 radical (unpaired) electrons. The van der Waals surface area contributed by atoms with Crippen molar-refractivity contribution in [2.24, 2.45) is 0 Å². The van der Waals surface area contributed by atoms with Gasteiger partial charge < -0.3 is 18.1 Å². The number of furan rings is 2. The second-order valence-electron chi connectivity index (χ2n) is 26.9. The van der Waals surface area contributed by atoms with Crippen LogP contribution in [-0.2, 0) is 9.31 Å². The standard InChI is InChI=1S/C43H27N3O.C27H18ClN3.C22H21BO3.CH4/c1-3-10-28(11-4-1)30-18-22-32(23-19-30)41-44-42(33-24-20-31(21-25-33)29-12-5-2-6-13-29)46-43(45-41)36-16-9-17-38-40(36)37-26-34-14-7-8-15-35(34)27-39(37)47-38;28-27-30-25(23-15-11-21(12-16-23)19-7-3-1-4-8-19)29-26(31-27)24-17-13-22(14-18-24)20-9-5-2-6-10-20;1-21(2)22(3,4)26-23(25-21)17-10-7-11-18-20(17)16-12-14-8-5-6-9-15(14)13-19(16)24-18;/h1-27H;1-18H;5-13H,1-4H3;1H4. The van der Waals surface area contributed by atoms with E-state index in [-0.39, 0.29) is 23.9 Å². The van der Waals surface area contributed by atoms with Gasteiger partial charge in [-0.25, -0.2) is 19.9 Å². The van der Waals surface area contributed by atoms with Gasteiger partial charge in [-0.15, -0.1) is 0 Å². The minimum absolute atomic E-state index is 0. The van der Waals surface area contributed by atoms with Crippen molar-refractivity contribution in [1.82, 2.24) is 29.9 Å². The number of hydrogen-bond acceptors (Lipinski definition) is 10. The Morgan fingerprint density at radius 2 is 0.552 bits per heavy atom. The second kappa shape index (κ2) is 28.4. The van der Waals surface area contributed by atoms with Gasteiger partial charge in [-0.1, -0.05) is 299 Å². The van der Waals surface area contributed by atoms with Crippen LogP contribution in [0.2, 0.25) is 5.28 Å². The third-order valence-electron chi connectivity index (χ3n) is 19.8. The molecule has 0 saturated carbocycles. The van der Waals surface area contributed by atoms with E-state index in [1.165, 1.54) is 33.0 Å². The van der Waals surface area contributed by atoms with Crippen LogP contribution in [0.15, 0.2) is 336 Å². The summed E-state index contributed by atoms with van der Waals surface area (Å²) >= 11 is 6.24. The molecule has 0 atom stereocenters. The molecule has 0 N–H and O–H groups in total. The second-order valence-corrected chi connectivity index (χ2v) is 27.3. The number of hydrogen-bond donors (Lipinski definition) is 0. The molecule has 1 aliphatic rings. The normalized spacial score (nSPS) is 13.0. The Bertz CT molecular complexity index is 5940. The van der Waals surface area contributed by atoms with Crippen molar-refractivity contribution in [3.05, 3.63) is 333 Å². The van der Waals surface area contributed by atoms with Crippen LogP contribution in [0.3, 0.4) is 0 Å². The Morgan fingerprint density at radius 3 is 0.924 bits per heavy atom. The van der Waals surface area contributed by atoms with E-state index in [1.54, 1.807) is 0 Å². The highest BCUT2D eigenvalue weighted by molar-refractivity contribution is 6.66. The van der Waals surface area contributed by atoms with E-state index in [0.717, 1.165) is 110 Å². The predicted molar refractivity (Wildman–Crippen MR) is 432 cm³/mol. The molecular formula is C93H70BClN6O4. The molecule has 0 amide bonds. The van der Waals surface area contributed by atoms with Gasteiger partial charge >= 0.3 is 7.12 Å². The molecule has 18 aromatic rings. The van der Waals surface area contributed by atoms with Crippen molar-refractivity contribution < 1.29 is 18.1 Å². The lowest BCUT2D eigenvalue weighted by Crippen LogP contribution is -2.41. The monoisotopic (exact) mass is 1380 g/mol. The molecule has 1 saturated heterocycles. The molecule has 4 aromatic heterocycles. The lowest BCUT2D eigenvalue weighted by atomic mass is 9.76. The molecule has 19 rings (SSSR count). The number of aromatic nitrogens is 6. The van der Waals surface area contributed by atoms with Gasteiger partial charge in [-0.2, -0.15) is 9.97 Å². The van der Waals surface area contributed by atoms with E-state index in [1.807, 2.05) is 103 Å². The zero-order valence-electron chi connectivity index (χ0n) is 57.4. The van der Waals surface area contributed by atoms with Gasteiger partial charge in [0, 0.05) is 49.4 Å². The zero-order chi connectivity index (χ0) is 70.3. The highest BCUT2D eigenvalue weighted by Crippen LogP contribution is 2.42. The summed E-state index contributed by atoms with van der Waals surface area (Å²) in [6.07, 6.45) is 0. The Balaban J connectivity index is 0.000000127. The summed E-state index contributed by atoms with van der Waals surface area (Å²) in [5, 5.41) is 9.07. The van der Waals surface area contributed by atoms with Crippen LogP contribution in [-0.4, -0.2) is 48.2 Å². The lowest BCUT2D eigenvalue weighted by molar-refractivity contribution is 0.00578. The first-order chi connectivity index (χ1) is 50.9. The van der Waals surface area contributed by atoms with Crippen molar-refractivity contribution in [1.29, 1.82) is 0 Å². The number of benzene rings is 14. The molecule has 14 aromatic carbocycles. The molecule has 0 aliphatic carbocycles. The summed E-state index contributed by atoms with van der Waals surface area (Å²) in [5.74, 6) is 2.95. The van der Waals surface area contributed by atoms with Crippen LogP contribution in [0.1, 0.15) is 35.1 Å². The largest absolute Gasteiger partial charge is 0.495 e. The van der Waals surface area contributed by atoms with E-state index in [0.29, 0.717) is 29.1 Å². The van der Waals surface area contributed by atoms with E-state index in [9.17, 15) is 0 Å². The smallest absolute Gasteiger partial charge is 0.456 e. The van der Waals surface area contributed by atoms with Gasteiger partial charge in [-0.05, 0) is 147 Å². The maximum absolute atomic E-state index is 6.39. The first-order valence-corrected chi connectivity index (χ1v) is 35.1. The van der Waals surface area contributed by atoms with Crippen molar-refractivity contribution in [3.63, 3.8) is 0 Å². The van der Waals surface area contributed by atoms with E-state index >= 15 is 0 Å². The van der Waals surface area contributed by atoms with Gasteiger partial charge in [0.25, 0.3) is 0 Å². The summed E-state index contributed by atoms with van der Waals surface area (Å²) in [7, 11) is -0.407. The molecule has 10 nitrogen and oxygen atoms in total. The highest BCUT2D eigenvalue weighted by atomic mass is 35.5. The number of nitrogens with zero attached hydrogens (tertiary/aromatic N) is 6. The number of fused-ring (bicyclic) bond motifs is 8. The highest BCUT2D eigenvalue weighted by Gasteiger charge is 2.52. The molecule has 5 heterocycles. The van der Waals surface area contributed by atoms with Crippen molar-refractivity contribution in [3.8, 4) is 101 Å². The van der Waals surface area contributed by atoms with Crippen LogP contribution >= 0.6 is 11.6 Å². The maximum atomic E-state index is 6.39. The maximum Gasteiger partial charge on any atom is 0.495 e. The Hall–Kier alpha value is -12.5. The summed E-state index contributed by atoms with van der Waals surface area (Å²) in [5.41, 5.74) is 17.5. The minimum atomic E-state index is -0.407. The zero-order valence-corrected chi connectivity index (χ0v) is 58.2. The molecular weight excluding hydrogens is 1310 g/mol. The minimum Gasteiger partial charge on any atom is -0.456 e. The van der Waals surface area contributed by atoms with Gasteiger partial charge in [-0.3, -0.25) is 0 Å². The van der Waals surface area contributed by atoms with E-state index < -0.39 is 7.12 Å². The van der Waals surface area contributed by atoms with Crippen LogP contribution in [0.4, 0.5) is 0 Å². The molecule has 12 heteroatoms. The average molecular weight is 1380 g/mol. The summed E-state index contributed by atoms with van der Waals surface area (Å²) < 4.78 is 25.1. The number of halogens is 1. The van der Waals surface area contributed by atoms with Gasteiger partial charge in [0.1, 0.15) is 22.3 Å². The SMILES string of the molecule is C.CC1(C)OB(c2cccc3oc4cc5ccccc5cc4c23)OC1(C)C.Clc1nc(-c2ccc(-c3ccccc3)cc2)nc(-c2ccc(-c3ccccc3)cc2)n1.c1ccc(-c2ccc(-c3nc(-c4ccc(-c5ccccc5)cc4)nc(-c4cccc5oc6cc7ccccc7cc6c45)n3)cc2)cc1. The van der Waals surface area contributed by atoms with Crippen LogP contribution in [0.5, 0.6) is 0 Å². The van der Waals surface area contributed by atoms with Crippen LogP contribution in [0, 0.1) is 0 Å². The quantitative estimate of drug-likeness (QED) is 0.122. The fourth-order valence-electron chi connectivity index (χ4n) is 13.5. The van der Waals surface area contributed by atoms with E-state index in [2.05, 4.69) is 267 Å². The Labute approximate surface area is 614 Å². The van der Waals surface area contributed by atoms with Crippen molar-refractivity contribution >= 4 is 89.6 Å². The molecule has 1 fully saturated rings. The molecule has 105 heavy (non-hydrogen) atoms. The average Bonchev–Trinajstić information content (AvgIpc) is 1.59. The lowest BCUT2D eigenvalue weighted by Gasteiger charge is -2.32. The Kier molecular flexibility index (Phi) is 18.1. The van der Waals surface area contributed by atoms with Gasteiger partial charge in [0.2, 0.25) is 5.28 Å². The van der Waals surface area contributed by atoms with Crippen LogP contribution < -0.4 is 5.46 Å². The molecule has 0 bridgehead atoms. The van der Waals surface area contributed by atoms with Crippen LogP contribution in [0.25, 0.3) is 167 Å². The van der Waals surface area contributed by atoms with E-state index in [4.69, 9.17) is 44.7 Å². The fraction of sp³-hybridized carbons (Fsp3) is 0.0753. The summed E-state index contributed by atoms with van der Waals surface area (Å²) in [6.45, 7) is 8.31. The van der Waals surface area contributed by atoms with Crippen molar-refractivity contribution in [2.45, 2.75) is 46.3 Å². The van der Waals surface area contributed by atoms with Crippen molar-refractivity contribution in [2.75, 3.05) is 0 Å². The molecule has 0 unspecified atom stereocenters. The molecule has 0 spiro atoms. The Morgan fingerprint density at radius 1 is 0.267 bits per heavy atom. The third-order valence-corrected chi connectivity index (χ3v) is 19.9. The first kappa shape index (κ1) is 67.0. The molecule has 506 valence electrons. The summed E-state index contributed by atoms with van der Waals surface area (Å²) in [4.78, 5) is 28.6. The molecule has 1 aliphatic heterocycles. The fourth-order valence-corrected chi connectivity index (χ4v) is 13.7. The van der Waals surface area contributed by atoms with Gasteiger partial charge in [0.15, 0.2) is 29.1 Å². The first-order valence-electron chi connectivity index (χ1n) is 34.7. The third kappa shape index (κ3) is 13.6.